The van der Waals surface area contributed by atoms with Crippen LogP contribution in [0.25, 0.3) is 77.0 Å². The first-order valence-corrected chi connectivity index (χ1v) is 17.4. The van der Waals surface area contributed by atoms with Crippen molar-refractivity contribution in [1.29, 1.82) is 0 Å². The maximum Gasteiger partial charge on any atom is 0.0963 e. The normalized spacial score (nSPS) is 14.3. The molecule has 51 heavy (non-hydrogen) atoms. The summed E-state index contributed by atoms with van der Waals surface area (Å²) in [6.45, 7) is 0. The molecule has 0 saturated carbocycles. The fourth-order valence-corrected chi connectivity index (χ4v) is 7.65. The number of aromatic nitrogens is 3. The van der Waals surface area contributed by atoms with E-state index in [4.69, 9.17) is 9.97 Å². The van der Waals surface area contributed by atoms with Crippen LogP contribution in [0.2, 0.25) is 0 Å². The van der Waals surface area contributed by atoms with Crippen LogP contribution in [0.3, 0.4) is 0 Å². The Hall–Kier alpha value is -6.78. The van der Waals surface area contributed by atoms with Crippen LogP contribution in [-0.4, -0.2) is 14.5 Å². The van der Waals surface area contributed by atoms with Crippen molar-refractivity contribution in [3.05, 3.63) is 194 Å². The zero-order valence-electron chi connectivity index (χ0n) is 27.7. The molecule has 0 amide bonds. The van der Waals surface area contributed by atoms with Crippen molar-refractivity contribution < 1.29 is 0 Å². The van der Waals surface area contributed by atoms with Gasteiger partial charge in [0.2, 0.25) is 0 Å². The number of nitrogens with one attached hydrogen (secondary N) is 1. The van der Waals surface area contributed by atoms with Crippen LogP contribution in [-0.2, 0) is 0 Å². The first-order chi connectivity index (χ1) is 25.3. The lowest BCUT2D eigenvalue weighted by molar-refractivity contribution is 0.724. The molecule has 3 aromatic heterocycles. The van der Waals surface area contributed by atoms with Gasteiger partial charge >= 0.3 is 0 Å². The van der Waals surface area contributed by atoms with Crippen molar-refractivity contribution in [3.8, 4) is 27.9 Å². The van der Waals surface area contributed by atoms with Gasteiger partial charge in [-0.3, -0.25) is 9.97 Å². The second-order valence-corrected chi connectivity index (χ2v) is 13.1. The molecule has 4 heterocycles. The Kier molecular flexibility index (Phi) is 6.85. The molecule has 10 rings (SSSR count). The van der Waals surface area contributed by atoms with Gasteiger partial charge in [-0.05, 0) is 97.9 Å². The van der Waals surface area contributed by atoms with E-state index in [-0.39, 0.29) is 6.04 Å². The molecule has 4 nitrogen and oxygen atoms in total. The number of fused-ring (bicyclic) bond motifs is 6. The standard InChI is InChI=1S/C47H32N4/c1-2-11-31(12-3-1)35-25-36(27-37(26-35)51-45-18-9-8-17-41(45)47-46(51)19-10-24-48-47)33-20-22-43(49-29-33)44-23-21-34(30-50-44)42-28-32-13-4-5-14-38(32)39-15-6-7-16-40(39)42/h1-30,43,49H. The van der Waals surface area contributed by atoms with E-state index in [1.807, 2.05) is 18.5 Å². The van der Waals surface area contributed by atoms with Gasteiger partial charge in [0.15, 0.2) is 0 Å². The van der Waals surface area contributed by atoms with Crippen LogP contribution in [0.5, 0.6) is 0 Å². The number of dihydropyridines is 1. The topological polar surface area (TPSA) is 42.7 Å². The molecule has 9 aromatic rings. The van der Waals surface area contributed by atoms with Crippen molar-refractivity contribution in [2.24, 2.45) is 0 Å². The van der Waals surface area contributed by atoms with E-state index < -0.39 is 0 Å². The van der Waals surface area contributed by atoms with E-state index in [2.05, 4.69) is 174 Å². The van der Waals surface area contributed by atoms with Gasteiger partial charge in [-0.2, -0.15) is 0 Å². The molecule has 6 aromatic carbocycles. The number of nitrogens with zero attached hydrogens (tertiary/aromatic N) is 3. The Morgan fingerprint density at radius 3 is 2.10 bits per heavy atom. The SMILES string of the molecule is C1=CC(c2ccc(-c3cc4ccccc4c4ccccc34)cn2)NC=C1c1cc(-c2ccccc2)cc(-n2c3ccccc3c3ncccc32)c1. The maximum absolute atomic E-state index is 4.97. The molecular weight excluding hydrogens is 621 g/mol. The van der Waals surface area contributed by atoms with E-state index in [0.717, 1.165) is 55.6 Å². The van der Waals surface area contributed by atoms with Crippen molar-refractivity contribution in [2.45, 2.75) is 6.04 Å². The first kappa shape index (κ1) is 29.2. The highest BCUT2D eigenvalue weighted by Crippen LogP contribution is 2.37. The largest absolute Gasteiger partial charge is 0.379 e. The molecular formula is C47H32N4. The summed E-state index contributed by atoms with van der Waals surface area (Å²) in [7, 11) is 0. The van der Waals surface area contributed by atoms with Gasteiger partial charge in [0.05, 0.1) is 28.3 Å². The van der Waals surface area contributed by atoms with Crippen LogP contribution < -0.4 is 5.32 Å². The molecule has 240 valence electrons. The van der Waals surface area contributed by atoms with Gasteiger partial charge in [-0.1, -0.05) is 115 Å². The molecule has 0 fully saturated rings. The number of pyridine rings is 2. The molecule has 1 atom stereocenters. The van der Waals surface area contributed by atoms with Crippen molar-refractivity contribution in [2.75, 3.05) is 0 Å². The average Bonchev–Trinajstić information content (AvgIpc) is 3.55. The van der Waals surface area contributed by atoms with E-state index in [9.17, 15) is 0 Å². The summed E-state index contributed by atoms with van der Waals surface area (Å²) in [5.41, 5.74) is 12.2. The van der Waals surface area contributed by atoms with Crippen molar-refractivity contribution in [1.82, 2.24) is 19.9 Å². The highest BCUT2D eigenvalue weighted by molar-refractivity contribution is 6.13. The lowest BCUT2D eigenvalue weighted by Crippen LogP contribution is -2.17. The van der Waals surface area contributed by atoms with E-state index in [1.165, 1.54) is 32.7 Å². The van der Waals surface area contributed by atoms with Crippen molar-refractivity contribution >= 4 is 49.1 Å². The minimum atomic E-state index is -0.0312. The highest BCUT2D eigenvalue weighted by Gasteiger charge is 2.18. The van der Waals surface area contributed by atoms with Gasteiger partial charge in [-0.25, -0.2) is 0 Å². The molecule has 0 radical (unpaired) electrons. The fourth-order valence-electron chi connectivity index (χ4n) is 7.65. The van der Waals surface area contributed by atoms with Crippen LogP contribution in [0, 0.1) is 0 Å². The average molecular weight is 653 g/mol. The summed E-state index contributed by atoms with van der Waals surface area (Å²) in [5.74, 6) is 0. The third-order valence-electron chi connectivity index (χ3n) is 10.1. The highest BCUT2D eigenvalue weighted by atomic mass is 15.0. The smallest absolute Gasteiger partial charge is 0.0963 e. The second-order valence-electron chi connectivity index (χ2n) is 13.1. The monoisotopic (exact) mass is 652 g/mol. The Morgan fingerprint density at radius 2 is 1.27 bits per heavy atom. The minimum absolute atomic E-state index is 0.0312. The van der Waals surface area contributed by atoms with Gasteiger partial charge in [-0.15, -0.1) is 0 Å². The van der Waals surface area contributed by atoms with Crippen molar-refractivity contribution in [3.63, 3.8) is 0 Å². The number of para-hydroxylation sites is 1. The summed E-state index contributed by atoms with van der Waals surface area (Å²) in [4.78, 5) is 9.74. The summed E-state index contributed by atoms with van der Waals surface area (Å²) in [6.07, 6.45) is 10.4. The van der Waals surface area contributed by atoms with E-state index >= 15 is 0 Å². The molecule has 0 spiro atoms. The molecule has 0 saturated heterocycles. The Morgan fingerprint density at radius 1 is 0.529 bits per heavy atom. The summed E-state index contributed by atoms with van der Waals surface area (Å²) >= 11 is 0. The number of rotatable bonds is 5. The van der Waals surface area contributed by atoms with Gasteiger partial charge in [0.25, 0.3) is 0 Å². The Bertz CT molecular complexity index is 2770. The number of allylic oxidation sites excluding steroid dienone is 2. The van der Waals surface area contributed by atoms with Crippen LogP contribution >= 0.6 is 0 Å². The van der Waals surface area contributed by atoms with E-state index in [1.54, 1.807) is 0 Å². The summed E-state index contributed by atoms with van der Waals surface area (Å²) in [5, 5.41) is 9.80. The van der Waals surface area contributed by atoms with Gasteiger partial charge < -0.3 is 9.88 Å². The Labute approximate surface area is 295 Å². The molecule has 0 aliphatic carbocycles. The zero-order valence-corrected chi connectivity index (χ0v) is 27.7. The zero-order chi connectivity index (χ0) is 33.7. The fraction of sp³-hybridized carbons (Fsp3) is 0.0213. The molecule has 1 N–H and O–H groups in total. The third-order valence-corrected chi connectivity index (χ3v) is 10.1. The minimum Gasteiger partial charge on any atom is -0.379 e. The van der Waals surface area contributed by atoms with Gasteiger partial charge in [0.1, 0.15) is 0 Å². The maximum atomic E-state index is 4.97. The number of benzene rings is 6. The predicted octanol–water partition coefficient (Wildman–Crippen LogP) is 11.5. The third kappa shape index (κ3) is 5.00. The first-order valence-electron chi connectivity index (χ1n) is 17.4. The molecule has 1 aliphatic rings. The lowest BCUT2D eigenvalue weighted by Gasteiger charge is -2.20. The number of hydrogen-bond acceptors (Lipinski definition) is 3. The molecule has 0 bridgehead atoms. The molecule has 4 heteroatoms. The summed E-state index contributed by atoms with van der Waals surface area (Å²) in [6, 6.07) is 54.0. The van der Waals surface area contributed by atoms with E-state index in [0.29, 0.717) is 0 Å². The second kappa shape index (κ2) is 12.0. The van der Waals surface area contributed by atoms with Crippen LogP contribution in [0.1, 0.15) is 17.3 Å². The predicted molar refractivity (Wildman–Crippen MR) is 212 cm³/mol. The quantitative estimate of drug-likeness (QED) is 0.188. The lowest BCUT2D eigenvalue weighted by atomic mass is 9.93. The summed E-state index contributed by atoms with van der Waals surface area (Å²) < 4.78 is 2.33. The molecule has 1 unspecified atom stereocenters. The number of hydrogen-bond donors (Lipinski definition) is 1. The van der Waals surface area contributed by atoms with Gasteiger partial charge in [0, 0.05) is 35.2 Å². The Balaban J connectivity index is 1.00. The van der Waals surface area contributed by atoms with Crippen LogP contribution in [0.15, 0.2) is 182 Å². The molecule has 1 aliphatic heterocycles. The van der Waals surface area contributed by atoms with Crippen LogP contribution in [0.4, 0.5) is 0 Å².